The lowest BCUT2D eigenvalue weighted by molar-refractivity contribution is -0.118. The van der Waals surface area contributed by atoms with Crippen molar-refractivity contribution in [1.29, 1.82) is 0 Å². The van der Waals surface area contributed by atoms with E-state index < -0.39 is 6.61 Å². The van der Waals surface area contributed by atoms with Crippen LogP contribution in [0.5, 0.6) is 5.75 Å². The van der Waals surface area contributed by atoms with E-state index >= 15 is 0 Å². The quantitative estimate of drug-likeness (QED) is 0.904. The summed E-state index contributed by atoms with van der Waals surface area (Å²) < 4.78 is 33.6. The summed E-state index contributed by atoms with van der Waals surface area (Å²) >= 11 is 5.81. The monoisotopic (exact) mass is 320 g/mol. The van der Waals surface area contributed by atoms with Gasteiger partial charge in [0.05, 0.1) is 24.8 Å². The fourth-order valence-corrected chi connectivity index (χ4v) is 2.16. The Morgan fingerprint density at radius 1 is 1.43 bits per heavy atom. The summed E-state index contributed by atoms with van der Waals surface area (Å²) in [6.07, 6.45) is 0. The molecule has 0 aliphatic carbocycles. The van der Waals surface area contributed by atoms with Gasteiger partial charge in [-0.25, -0.2) is 0 Å². The minimum atomic E-state index is -2.94. The Morgan fingerprint density at radius 3 is 2.76 bits per heavy atom. The topological polar surface area (TPSA) is 50.8 Å². The fraction of sp³-hybridized carbons (Fsp3) is 0.462. The van der Waals surface area contributed by atoms with Crippen LogP contribution in [0.15, 0.2) is 18.2 Å². The summed E-state index contributed by atoms with van der Waals surface area (Å²) in [6, 6.07) is 4.12. The number of alkyl halides is 2. The number of carbonyl (C=O) groups excluding carboxylic acids is 1. The molecule has 1 aliphatic heterocycles. The predicted molar refractivity (Wildman–Crippen MR) is 74.0 cm³/mol. The van der Waals surface area contributed by atoms with Crippen LogP contribution in [0.3, 0.4) is 0 Å². The Bertz CT molecular complexity index is 496. The highest BCUT2D eigenvalue weighted by Gasteiger charge is 2.15. The van der Waals surface area contributed by atoms with Crippen molar-refractivity contribution >= 4 is 23.2 Å². The van der Waals surface area contributed by atoms with Crippen LogP contribution in [0.1, 0.15) is 0 Å². The molecule has 0 radical (unpaired) electrons. The smallest absolute Gasteiger partial charge is 0.387 e. The first kappa shape index (κ1) is 15.9. The number of carbonyl (C=O) groups is 1. The second-order valence-corrected chi connectivity index (χ2v) is 4.87. The van der Waals surface area contributed by atoms with Crippen LogP contribution >= 0.6 is 11.6 Å². The number of ether oxygens (including phenoxy) is 2. The second-order valence-electron chi connectivity index (χ2n) is 4.46. The van der Waals surface area contributed by atoms with Crippen LogP contribution in [0, 0.1) is 0 Å². The maximum absolute atomic E-state index is 12.1. The molecule has 1 fully saturated rings. The van der Waals surface area contributed by atoms with Crippen LogP contribution < -0.4 is 10.1 Å². The van der Waals surface area contributed by atoms with Crippen molar-refractivity contribution in [2.45, 2.75) is 6.61 Å². The van der Waals surface area contributed by atoms with Gasteiger partial charge in [0.25, 0.3) is 0 Å². The average molecular weight is 321 g/mol. The Balaban J connectivity index is 1.89. The summed E-state index contributed by atoms with van der Waals surface area (Å²) in [6.45, 7) is -0.0670. The number of anilines is 1. The number of rotatable bonds is 5. The molecule has 0 bridgehead atoms. The van der Waals surface area contributed by atoms with E-state index in [2.05, 4.69) is 10.1 Å². The van der Waals surface area contributed by atoms with Gasteiger partial charge >= 0.3 is 6.61 Å². The molecule has 2 rings (SSSR count). The molecule has 116 valence electrons. The van der Waals surface area contributed by atoms with E-state index in [1.165, 1.54) is 18.2 Å². The Labute approximate surface area is 125 Å². The summed E-state index contributed by atoms with van der Waals surface area (Å²) in [4.78, 5) is 13.8. The van der Waals surface area contributed by atoms with Crippen molar-refractivity contribution in [3.63, 3.8) is 0 Å². The maximum Gasteiger partial charge on any atom is 0.387 e. The van der Waals surface area contributed by atoms with E-state index in [-0.39, 0.29) is 23.2 Å². The van der Waals surface area contributed by atoms with Crippen molar-refractivity contribution in [3.8, 4) is 5.75 Å². The Kier molecular flexibility index (Phi) is 5.72. The average Bonchev–Trinajstić information content (AvgIpc) is 2.42. The van der Waals surface area contributed by atoms with E-state index in [0.29, 0.717) is 32.0 Å². The van der Waals surface area contributed by atoms with Gasteiger partial charge in [-0.2, -0.15) is 8.78 Å². The molecule has 1 N–H and O–H groups in total. The molecular formula is C13H15ClF2N2O3. The van der Waals surface area contributed by atoms with Crippen molar-refractivity contribution in [2.75, 3.05) is 38.2 Å². The highest BCUT2D eigenvalue weighted by atomic mass is 35.5. The Morgan fingerprint density at radius 2 is 2.14 bits per heavy atom. The van der Waals surface area contributed by atoms with Crippen molar-refractivity contribution in [2.24, 2.45) is 0 Å². The molecule has 21 heavy (non-hydrogen) atoms. The largest absolute Gasteiger partial charge is 0.433 e. The van der Waals surface area contributed by atoms with E-state index in [1.807, 2.05) is 4.90 Å². The Hall–Kier alpha value is -1.44. The number of halogens is 3. The van der Waals surface area contributed by atoms with Gasteiger partial charge in [-0.15, -0.1) is 0 Å². The molecule has 1 saturated heterocycles. The molecule has 0 aromatic heterocycles. The van der Waals surface area contributed by atoms with Crippen molar-refractivity contribution in [1.82, 2.24) is 4.90 Å². The first-order chi connectivity index (χ1) is 10.0. The van der Waals surface area contributed by atoms with Gasteiger partial charge in [0.1, 0.15) is 5.75 Å². The molecular weight excluding hydrogens is 306 g/mol. The van der Waals surface area contributed by atoms with Crippen LogP contribution in [-0.2, 0) is 9.53 Å². The van der Waals surface area contributed by atoms with E-state index in [0.717, 1.165) is 0 Å². The molecule has 0 saturated carbocycles. The van der Waals surface area contributed by atoms with Crippen LogP contribution in [0.2, 0.25) is 5.02 Å². The first-order valence-corrected chi connectivity index (χ1v) is 6.76. The first-order valence-electron chi connectivity index (χ1n) is 6.39. The lowest BCUT2D eigenvalue weighted by atomic mass is 10.3. The second kappa shape index (κ2) is 7.53. The molecule has 8 heteroatoms. The molecule has 1 aromatic rings. The molecule has 0 spiro atoms. The van der Waals surface area contributed by atoms with Crippen LogP contribution in [0.4, 0.5) is 14.5 Å². The van der Waals surface area contributed by atoms with Crippen LogP contribution in [-0.4, -0.2) is 50.3 Å². The minimum absolute atomic E-state index is 0.0134. The van der Waals surface area contributed by atoms with Crippen LogP contribution in [0.25, 0.3) is 0 Å². The highest BCUT2D eigenvalue weighted by molar-refractivity contribution is 6.32. The van der Waals surface area contributed by atoms with E-state index in [9.17, 15) is 13.6 Å². The zero-order chi connectivity index (χ0) is 15.2. The fourth-order valence-electron chi connectivity index (χ4n) is 1.93. The molecule has 5 nitrogen and oxygen atoms in total. The molecule has 1 heterocycles. The van der Waals surface area contributed by atoms with E-state index in [1.54, 1.807) is 0 Å². The van der Waals surface area contributed by atoms with Gasteiger partial charge in [0.15, 0.2) is 0 Å². The summed E-state index contributed by atoms with van der Waals surface area (Å²) in [7, 11) is 0. The number of hydrogen-bond donors (Lipinski definition) is 1. The zero-order valence-electron chi connectivity index (χ0n) is 11.2. The van der Waals surface area contributed by atoms with Gasteiger partial charge < -0.3 is 14.8 Å². The lowest BCUT2D eigenvalue weighted by Gasteiger charge is -2.25. The van der Waals surface area contributed by atoms with Gasteiger partial charge in [0, 0.05) is 18.8 Å². The van der Waals surface area contributed by atoms with Gasteiger partial charge in [-0.05, 0) is 18.2 Å². The number of hydrogen-bond acceptors (Lipinski definition) is 4. The molecule has 0 atom stereocenters. The van der Waals surface area contributed by atoms with Crippen molar-refractivity contribution < 1.29 is 23.0 Å². The summed E-state index contributed by atoms with van der Waals surface area (Å²) in [5.74, 6) is -0.326. The standard InChI is InChI=1S/C13H15ClF2N2O3/c14-10-7-9(1-2-11(10)21-13(15)16)17-12(19)8-18-3-5-20-6-4-18/h1-2,7,13H,3-6,8H2,(H,17,19). The molecule has 1 aliphatic rings. The van der Waals surface area contributed by atoms with Gasteiger partial charge in [-0.3, -0.25) is 9.69 Å². The SMILES string of the molecule is O=C(CN1CCOCC1)Nc1ccc(OC(F)F)c(Cl)c1. The number of nitrogens with one attached hydrogen (secondary N) is 1. The lowest BCUT2D eigenvalue weighted by Crippen LogP contribution is -2.41. The third-order valence-electron chi connectivity index (χ3n) is 2.90. The predicted octanol–water partition coefficient (Wildman–Crippen LogP) is 2.21. The van der Waals surface area contributed by atoms with Gasteiger partial charge in [0.2, 0.25) is 5.91 Å². The molecule has 1 aromatic carbocycles. The molecule has 1 amide bonds. The molecule has 0 unspecified atom stereocenters. The zero-order valence-corrected chi connectivity index (χ0v) is 11.9. The van der Waals surface area contributed by atoms with Crippen molar-refractivity contribution in [3.05, 3.63) is 23.2 Å². The highest BCUT2D eigenvalue weighted by Crippen LogP contribution is 2.28. The number of amides is 1. The summed E-state index contributed by atoms with van der Waals surface area (Å²) in [5, 5.41) is 2.68. The normalized spacial score (nSPS) is 16.0. The third-order valence-corrected chi connectivity index (χ3v) is 3.20. The number of benzene rings is 1. The van der Waals surface area contributed by atoms with Gasteiger partial charge in [-0.1, -0.05) is 11.6 Å². The minimum Gasteiger partial charge on any atom is -0.433 e. The summed E-state index contributed by atoms with van der Waals surface area (Å²) in [5.41, 5.74) is 0.430. The maximum atomic E-state index is 12.1. The number of nitrogens with zero attached hydrogens (tertiary/aromatic N) is 1. The number of morpholine rings is 1. The van der Waals surface area contributed by atoms with E-state index in [4.69, 9.17) is 16.3 Å². The third kappa shape index (κ3) is 5.11.